The highest BCUT2D eigenvalue weighted by Gasteiger charge is 2.36. The van der Waals surface area contributed by atoms with Gasteiger partial charge in [0, 0.05) is 38.8 Å². The molecule has 0 unspecified atom stereocenters. The molecule has 2 atom stereocenters. The van der Waals surface area contributed by atoms with Crippen LogP contribution < -0.4 is 5.32 Å². The number of aromatic nitrogens is 3. The fourth-order valence-corrected chi connectivity index (χ4v) is 4.69. The van der Waals surface area contributed by atoms with Crippen LogP contribution >= 0.6 is 0 Å². The van der Waals surface area contributed by atoms with Crippen LogP contribution in [0.5, 0.6) is 0 Å². The normalized spacial score (nSPS) is 21.0. The molecule has 0 radical (unpaired) electrons. The average molecular weight is 473 g/mol. The number of hydrogen-bond acceptors (Lipinski definition) is 6. The number of halogens is 1. The molecule has 2 aliphatic heterocycles. The molecule has 1 N–H and O–H groups in total. The van der Waals surface area contributed by atoms with Crippen LogP contribution in [-0.4, -0.2) is 88.6 Å². The number of morpholine rings is 1. The van der Waals surface area contributed by atoms with E-state index in [0.717, 1.165) is 0 Å². The van der Waals surface area contributed by atoms with Gasteiger partial charge in [0.2, 0.25) is 5.91 Å². The zero-order valence-corrected chi connectivity index (χ0v) is 20.0. The fourth-order valence-electron chi connectivity index (χ4n) is 4.69. The Morgan fingerprint density at radius 3 is 2.68 bits per heavy atom. The van der Waals surface area contributed by atoms with Crippen LogP contribution in [0, 0.1) is 24.6 Å². The molecular weight excluding hydrogens is 439 g/mol. The van der Waals surface area contributed by atoms with E-state index in [2.05, 4.69) is 29.5 Å². The molecule has 2 aromatic rings. The van der Waals surface area contributed by atoms with Gasteiger partial charge in [-0.3, -0.25) is 9.59 Å². The molecule has 0 bridgehead atoms. The van der Waals surface area contributed by atoms with Crippen LogP contribution in [-0.2, 0) is 9.53 Å². The minimum absolute atomic E-state index is 0.110. The van der Waals surface area contributed by atoms with Gasteiger partial charge in [-0.1, -0.05) is 31.2 Å². The fraction of sp³-hybridized carbons (Fsp3) is 0.583. The third-order valence-electron chi connectivity index (χ3n) is 6.44. The first kappa shape index (κ1) is 24.3. The minimum atomic E-state index is -0.436. The van der Waals surface area contributed by atoms with E-state index in [1.807, 2.05) is 4.90 Å². The number of hydrogen-bond donors (Lipinski definition) is 1. The monoisotopic (exact) mass is 472 g/mol. The van der Waals surface area contributed by atoms with E-state index in [4.69, 9.17) is 4.74 Å². The topological polar surface area (TPSA) is 92.6 Å². The van der Waals surface area contributed by atoms with Gasteiger partial charge in [-0.15, -0.1) is 5.10 Å². The summed E-state index contributed by atoms with van der Waals surface area (Å²) in [6.07, 6.45) is 0.585. The lowest BCUT2D eigenvalue weighted by Crippen LogP contribution is -2.56. The number of para-hydroxylation sites is 1. The van der Waals surface area contributed by atoms with Crippen molar-refractivity contribution in [3.8, 4) is 5.69 Å². The van der Waals surface area contributed by atoms with Crippen LogP contribution in [0.4, 0.5) is 4.39 Å². The van der Waals surface area contributed by atoms with E-state index in [1.165, 1.54) is 10.7 Å². The smallest absolute Gasteiger partial charge is 0.276 e. The van der Waals surface area contributed by atoms with Crippen LogP contribution in [0.3, 0.4) is 0 Å². The molecule has 1 aromatic carbocycles. The number of carbonyl (C=O) groups is 2. The SMILES string of the molecule is Cc1c(C(=O)N(CC(C)C)[C@@H]2CNC[C@H](C(=O)N3CCOCC3)C2)nnn1-c1ccccc1F. The molecule has 2 saturated heterocycles. The van der Waals surface area contributed by atoms with Gasteiger partial charge >= 0.3 is 0 Å². The molecular formula is C24H33FN6O3. The second-order valence-corrected chi connectivity index (χ2v) is 9.42. The van der Waals surface area contributed by atoms with Crippen molar-refractivity contribution in [1.29, 1.82) is 0 Å². The predicted molar refractivity (Wildman–Crippen MR) is 124 cm³/mol. The summed E-state index contributed by atoms with van der Waals surface area (Å²) in [6, 6.07) is 6.11. The summed E-state index contributed by atoms with van der Waals surface area (Å²) < 4.78 is 21.1. The van der Waals surface area contributed by atoms with Crippen LogP contribution in [0.2, 0.25) is 0 Å². The first-order chi connectivity index (χ1) is 16.4. The Kier molecular flexibility index (Phi) is 7.57. The van der Waals surface area contributed by atoms with Crippen molar-refractivity contribution in [3.63, 3.8) is 0 Å². The molecule has 0 aliphatic carbocycles. The third-order valence-corrected chi connectivity index (χ3v) is 6.44. The molecule has 3 heterocycles. The Labute approximate surface area is 199 Å². The largest absolute Gasteiger partial charge is 0.378 e. The van der Waals surface area contributed by atoms with Gasteiger partial charge in [-0.2, -0.15) is 0 Å². The van der Waals surface area contributed by atoms with Gasteiger partial charge in [0.05, 0.1) is 24.8 Å². The van der Waals surface area contributed by atoms with E-state index < -0.39 is 5.82 Å². The van der Waals surface area contributed by atoms with Crippen molar-refractivity contribution >= 4 is 11.8 Å². The Hall–Kier alpha value is -2.85. The second-order valence-electron chi connectivity index (χ2n) is 9.42. The van der Waals surface area contributed by atoms with Crippen molar-refractivity contribution in [3.05, 3.63) is 41.5 Å². The molecule has 2 aliphatic rings. The van der Waals surface area contributed by atoms with Gasteiger partial charge in [0.25, 0.3) is 5.91 Å². The minimum Gasteiger partial charge on any atom is -0.378 e. The van der Waals surface area contributed by atoms with Crippen molar-refractivity contribution in [1.82, 2.24) is 30.1 Å². The molecule has 10 heteroatoms. The lowest BCUT2D eigenvalue weighted by atomic mass is 9.92. The molecule has 4 rings (SSSR count). The molecule has 2 fully saturated rings. The lowest BCUT2D eigenvalue weighted by molar-refractivity contribution is -0.140. The van der Waals surface area contributed by atoms with Crippen LogP contribution in [0.1, 0.15) is 36.5 Å². The molecule has 1 aromatic heterocycles. The van der Waals surface area contributed by atoms with Crippen LogP contribution in [0.25, 0.3) is 5.69 Å². The number of benzene rings is 1. The zero-order chi connectivity index (χ0) is 24.2. The molecule has 0 saturated carbocycles. The van der Waals surface area contributed by atoms with E-state index in [-0.39, 0.29) is 41.1 Å². The third kappa shape index (κ3) is 5.12. The summed E-state index contributed by atoms with van der Waals surface area (Å²) in [5.41, 5.74) is 0.927. The zero-order valence-electron chi connectivity index (χ0n) is 20.0. The average Bonchev–Trinajstić information content (AvgIpc) is 3.23. The van der Waals surface area contributed by atoms with Gasteiger partial charge in [-0.05, 0) is 31.4 Å². The highest BCUT2D eigenvalue weighted by molar-refractivity contribution is 5.93. The maximum absolute atomic E-state index is 14.3. The first-order valence-electron chi connectivity index (χ1n) is 11.9. The predicted octanol–water partition coefficient (Wildman–Crippen LogP) is 1.65. The Morgan fingerprint density at radius 2 is 1.97 bits per heavy atom. The number of amides is 2. The van der Waals surface area contributed by atoms with Gasteiger partial charge in [-0.25, -0.2) is 9.07 Å². The van der Waals surface area contributed by atoms with Gasteiger partial charge in [0.15, 0.2) is 5.69 Å². The molecule has 0 spiro atoms. The van der Waals surface area contributed by atoms with Crippen molar-refractivity contribution < 1.29 is 18.7 Å². The maximum Gasteiger partial charge on any atom is 0.276 e. The molecule has 2 amide bonds. The summed E-state index contributed by atoms with van der Waals surface area (Å²) in [4.78, 5) is 30.4. The van der Waals surface area contributed by atoms with E-state index in [0.29, 0.717) is 58.1 Å². The van der Waals surface area contributed by atoms with E-state index in [1.54, 1.807) is 30.0 Å². The standard InChI is InChI=1S/C24H33FN6O3/c1-16(2)15-30(19-12-18(13-26-14-19)23(32)29-8-10-34-11-9-29)24(33)22-17(3)31(28-27-22)21-7-5-4-6-20(21)25/h4-7,16,18-19,26H,8-15H2,1-3H3/t18-,19+/m1/s1. The van der Waals surface area contributed by atoms with Crippen molar-refractivity contribution in [2.45, 2.75) is 33.2 Å². The van der Waals surface area contributed by atoms with Crippen molar-refractivity contribution in [2.75, 3.05) is 45.9 Å². The second kappa shape index (κ2) is 10.6. The van der Waals surface area contributed by atoms with E-state index in [9.17, 15) is 14.0 Å². The maximum atomic E-state index is 14.3. The summed E-state index contributed by atoms with van der Waals surface area (Å²) in [5, 5.41) is 11.6. The summed E-state index contributed by atoms with van der Waals surface area (Å²) in [6.45, 7) is 9.87. The quantitative estimate of drug-likeness (QED) is 0.687. The summed E-state index contributed by atoms with van der Waals surface area (Å²) in [5.74, 6) is -0.552. The van der Waals surface area contributed by atoms with Gasteiger partial charge < -0.3 is 19.9 Å². The van der Waals surface area contributed by atoms with E-state index >= 15 is 0 Å². The highest BCUT2D eigenvalue weighted by Crippen LogP contribution is 2.23. The van der Waals surface area contributed by atoms with Crippen LogP contribution in [0.15, 0.2) is 24.3 Å². The number of nitrogens with one attached hydrogen (secondary N) is 1. The first-order valence-corrected chi connectivity index (χ1v) is 11.9. The Bertz CT molecular complexity index is 1020. The van der Waals surface area contributed by atoms with Crippen molar-refractivity contribution in [2.24, 2.45) is 11.8 Å². The number of nitrogens with zero attached hydrogens (tertiary/aromatic N) is 5. The lowest BCUT2D eigenvalue weighted by Gasteiger charge is -2.40. The highest BCUT2D eigenvalue weighted by atomic mass is 19.1. The Balaban J connectivity index is 1.55. The molecule has 34 heavy (non-hydrogen) atoms. The number of ether oxygens (including phenoxy) is 1. The number of rotatable bonds is 6. The number of piperidine rings is 1. The molecule has 184 valence electrons. The van der Waals surface area contributed by atoms with Gasteiger partial charge in [0.1, 0.15) is 11.5 Å². The molecule has 9 nitrogen and oxygen atoms in total. The summed E-state index contributed by atoms with van der Waals surface area (Å²) in [7, 11) is 0. The number of carbonyl (C=O) groups excluding carboxylic acids is 2. The Morgan fingerprint density at radius 1 is 1.24 bits per heavy atom. The summed E-state index contributed by atoms with van der Waals surface area (Å²) >= 11 is 0.